The van der Waals surface area contributed by atoms with Crippen molar-refractivity contribution in [1.82, 2.24) is 10.2 Å². The zero-order chi connectivity index (χ0) is 13.1. The summed E-state index contributed by atoms with van der Waals surface area (Å²) in [6.07, 6.45) is 4.59. The van der Waals surface area contributed by atoms with Crippen molar-refractivity contribution in [2.24, 2.45) is 17.8 Å². The van der Waals surface area contributed by atoms with Crippen LogP contribution in [-0.4, -0.2) is 36.5 Å². The summed E-state index contributed by atoms with van der Waals surface area (Å²) >= 11 is 0. The van der Waals surface area contributed by atoms with E-state index in [1.54, 1.807) is 0 Å². The minimum absolute atomic E-state index is 0.217. The number of nitrogens with one attached hydrogen (secondary N) is 1. The van der Waals surface area contributed by atoms with Crippen LogP contribution in [0.25, 0.3) is 0 Å². The summed E-state index contributed by atoms with van der Waals surface area (Å²) < 4.78 is 0. The lowest BCUT2D eigenvalue weighted by Crippen LogP contribution is -2.50. The van der Waals surface area contributed by atoms with Gasteiger partial charge in [-0.05, 0) is 51.0 Å². The number of rotatable bonds is 2. The highest BCUT2D eigenvalue weighted by Gasteiger charge is 2.33. The maximum Gasteiger partial charge on any atom is 0.227 e. The maximum atomic E-state index is 12.5. The molecule has 2 aliphatic rings. The monoisotopic (exact) mass is 252 g/mol. The van der Waals surface area contributed by atoms with Gasteiger partial charge in [0.1, 0.15) is 0 Å². The van der Waals surface area contributed by atoms with Crippen LogP contribution >= 0.6 is 0 Å². The molecule has 3 heteroatoms. The van der Waals surface area contributed by atoms with E-state index in [9.17, 15) is 4.79 Å². The quantitative estimate of drug-likeness (QED) is 0.817. The third kappa shape index (κ3) is 3.05. The van der Waals surface area contributed by atoms with Crippen molar-refractivity contribution in [3.63, 3.8) is 0 Å². The van der Waals surface area contributed by atoms with Gasteiger partial charge < -0.3 is 10.2 Å². The van der Waals surface area contributed by atoms with Crippen LogP contribution in [0, 0.1) is 17.8 Å². The SMILES string of the molecule is CC(C)C1CCN(C(=O)C2CCCNC2C)CC1. The van der Waals surface area contributed by atoms with Crippen molar-refractivity contribution in [3.8, 4) is 0 Å². The molecule has 2 atom stereocenters. The van der Waals surface area contributed by atoms with Crippen LogP contribution in [0.4, 0.5) is 0 Å². The summed E-state index contributed by atoms with van der Waals surface area (Å²) in [6.45, 7) is 9.78. The van der Waals surface area contributed by atoms with E-state index in [2.05, 4.69) is 31.0 Å². The standard InChI is InChI=1S/C15H28N2O/c1-11(2)13-6-9-17(10-7-13)15(18)14-5-4-8-16-12(14)3/h11-14,16H,4-10H2,1-3H3. The molecule has 2 unspecified atom stereocenters. The Bertz CT molecular complexity index is 282. The van der Waals surface area contributed by atoms with Gasteiger partial charge in [-0.1, -0.05) is 13.8 Å². The molecule has 18 heavy (non-hydrogen) atoms. The van der Waals surface area contributed by atoms with Gasteiger partial charge in [0.25, 0.3) is 0 Å². The molecular weight excluding hydrogens is 224 g/mol. The molecule has 1 N–H and O–H groups in total. The van der Waals surface area contributed by atoms with Crippen molar-refractivity contribution in [3.05, 3.63) is 0 Å². The van der Waals surface area contributed by atoms with Crippen LogP contribution in [0.2, 0.25) is 0 Å². The lowest BCUT2D eigenvalue weighted by molar-refractivity contribution is -0.138. The zero-order valence-electron chi connectivity index (χ0n) is 12.1. The lowest BCUT2D eigenvalue weighted by Gasteiger charge is -2.38. The smallest absolute Gasteiger partial charge is 0.227 e. The molecule has 0 aromatic carbocycles. The third-order valence-electron chi connectivity index (χ3n) is 4.87. The van der Waals surface area contributed by atoms with Crippen molar-refractivity contribution in [2.45, 2.75) is 52.5 Å². The fourth-order valence-electron chi connectivity index (χ4n) is 3.40. The van der Waals surface area contributed by atoms with Gasteiger partial charge in [0.2, 0.25) is 5.91 Å². The molecule has 2 saturated heterocycles. The van der Waals surface area contributed by atoms with Crippen molar-refractivity contribution in [1.29, 1.82) is 0 Å². The van der Waals surface area contributed by atoms with Gasteiger partial charge in [-0.25, -0.2) is 0 Å². The predicted molar refractivity (Wildman–Crippen MR) is 74.3 cm³/mol. The van der Waals surface area contributed by atoms with Gasteiger partial charge in [0, 0.05) is 19.1 Å². The van der Waals surface area contributed by atoms with E-state index in [1.165, 1.54) is 12.8 Å². The highest BCUT2D eigenvalue weighted by Crippen LogP contribution is 2.27. The first kappa shape index (κ1) is 13.9. The zero-order valence-corrected chi connectivity index (χ0v) is 12.1. The molecule has 0 aliphatic carbocycles. The second-order valence-corrected chi connectivity index (χ2v) is 6.40. The second kappa shape index (κ2) is 6.05. The number of likely N-dealkylation sites (tertiary alicyclic amines) is 1. The normalized spacial score (nSPS) is 30.8. The van der Waals surface area contributed by atoms with Gasteiger partial charge in [-0.3, -0.25) is 4.79 Å². The first-order valence-electron chi connectivity index (χ1n) is 7.61. The summed E-state index contributed by atoms with van der Waals surface area (Å²) in [6, 6.07) is 0.356. The molecule has 2 aliphatic heterocycles. The van der Waals surface area contributed by atoms with E-state index in [-0.39, 0.29) is 5.92 Å². The van der Waals surface area contributed by atoms with Crippen LogP contribution < -0.4 is 5.32 Å². The summed E-state index contributed by atoms with van der Waals surface area (Å²) in [5.74, 6) is 2.19. The average molecular weight is 252 g/mol. The first-order valence-corrected chi connectivity index (χ1v) is 7.61. The molecule has 0 radical (unpaired) electrons. The number of carbonyl (C=O) groups excluding carboxylic acids is 1. The molecule has 0 bridgehead atoms. The van der Waals surface area contributed by atoms with Crippen LogP contribution in [0.3, 0.4) is 0 Å². The molecule has 3 nitrogen and oxygen atoms in total. The molecule has 0 aromatic rings. The number of piperidine rings is 2. The van der Waals surface area contributed by atoms with Gasteiger partial charge in [0.05, 0.1) is 5.92 Å². The predicted octanol–water partition coefficient (Wildman–Crippen LogP) is 2.27. The van der Waals surface area contributed by atoms with Crippen LogP contribution in [-0.2, 0) is 4.79 Å². The number of hydrogen-bond donors (Lipinski definition) is 1. The van der Waals surface area contributed by atoms with E-state index in [0.717, 1.165) is 44.3 Å². The molecule has 2 fully saturated rings. The second-order valence-electron chi connectivity index (χ2n) is 6.40. The highest BCUT2D eigenvalue weighted by atomic mass is 16.2. The molecule has 0 aromatic heterocycles. The Balaban J connectivity index is 1.87. The van der Waals surface area contributed by atoms with E-state index < -0.39 is 0 Å². The lowest BCUT2D eigenvalue weighted by atomic mass is 9.85. The number of amides is 1. The van der Waals surface area contributed by atoms with Gasteiger partial charge in [-0.2, -0.15) is 0 Å². The minimum atomic E-state index is 0.217. The number of carbonyl (C=O) groups is 1. The Labute approximate surface area is 111 Å². The van der Waals surface area contributed by atoms with Crippen LogP contribution in [0.1, 0.15) is 46.5 Å². The number of hydrogen-bond acceptors (Lipinski definition) is 2. The fraction of sp³-hybridized carbons (Fsp3) is 0.933. The summed E-state index contributed by atoms with van der Waals surface area (Å²) in [5.41, 5.74) is 0. The molecule has 2 rings (SSSR count). The highest BCUT2D eigenvalue weighted by molar-refractivity contribution is 5.79. The van der Waals surface area contributed by atoms with Crippen molar-refractivity contribution in [2.75, 3.05) is 19.6 Å². The molecular formula is C15H28N2O. The molecule has 1 amide bonds. The van der Waals surface area contributed by atoms with Gasteiger partial charge in [0.15, 0.2) is 0 Å². The van der Waals surface area contributed by atoms with Crippen LogP contribution in [0.5, 0.6) is 0 Å². The fourth-order valence-corrected chi connectivity index (χ4v) is 3.40. The Hall–Kier alpha value is -0.570. The minimum Gasteiger partial charge on any atom is -0.342 e. The maximum absolute atomic E-state index is 12.5. The van der Waals surface area contributed by atoms with E-state index in [0.29, 0.717) is 11.9 Å². The molecule has 0 saturated carbocycles. The number of nitrogens with zero attached hydrogens (tertiary/aromatic N) is 1. The van der Waals surface area contributed by atoms with E-state index in [4.69, 9.17) is 0 Å². The van der Waals surface area contributed by atoms with Gasteiger partial charge >= 0.3 is 0 Å². The topological polar surface area (TPSA) is 32.3 Å². The summed E-state index contributed by atoms with van der Waals surface area (Å²) in [7, 11) is 0. The molecule has 2 heterocycles. The molecule has 104 valence electrons. The Morgan fingerprint density at radius 3 is 2.44 bits per heavy atom. The molecule has 0 spiro atoms. The summed E-state index contributed by atoms with van der Waals surface area (Å²) in [4.78, 5) is 14.6. The Kier molecular flexibility index (Phi) is 4.66. The van der Waals surface area contributed by atoms with E-state index >= 15 is 0 Å². The Morgan fingerprint density at radius 1 is 1.22 bits per heavy atom. The third-order valence-corrected chi connectivity index (χ3v) is 4.87. The van der Waals surface area contributed by atoms with Crippen molar-refractivity contribution < 1.29 is 4.79 Å². The average Bonchev–Trinajstić information content (AvgIpc) is 2.38. The van der Waals surface area contributed by atoms with E-state index in [1.807, 2.05) is 0 Å². The Morgan fingerprint density at radius 2 is 1.89 bits per heavy atom. The van der Waals surface area contributed by atoms with Gasteiger partial charge in [-0.15, -0.1) is 0 Å². The van der Waals surface area contributed by atoms with Crippen LogP contribution in [0.15, 0.2) is 0 Å². The summed E-state index contributed by atoms with van der Waals surface area (Å²) in [5, 5.41) is 3.43. The largest absolute Gasteiger partial charge is 0.342 e. The van der Waals surface area contributed by atoms with Crippen molar-refractivity contribution >= 4 is 5.91 Å². The first-order chi connectivity index (χ1) is 8.59.